The molecule has 1 aromatic heterocycles. The molecule has 3 aromatic carbocycles. The molecular weight excluding hydrogens is 770 g/mol. The first-order valence-electron chi connectivity index (χ1n) is 12.6. The molecule has 0 radical (unpaired) electrons. The van der Waals surface area contributed by atoms with Crippen LogP contribution >= 0.6 is 56.5 Å². The van der Waals surface area contributed by atoms with E-state index in [1.165, 1.54) is 22.8 Å². The van der Waals surface area contributed by atoms with Gasteiger partial charge >= 0.3 is 11.9 Å². The van der Waals surface area contributed by atoms with Crippen molar-refractivity contribution < 1.29 is 23.8 Å². The Morgan fingerprint density at radius 3 is 2.61 bits per heavy atom. The fourth-order valence-corrected chi connectivity index (χ4v) is 7.92. The highest BCUT2D eigenvalue weighted by molar-refractivity contribution is 14.1. The third kappa shape index (κ3) is 5.58. The molecule has 0 saturated carbocycles. The predicted octanol–water partition coefficient (Wildman–Crippen LogP) is 5.09. The van der Waals surface area contributed by atoms with Crippen LogP contribution in [0.15, 0.2) is 69.6 Å². The Kier molecular flexibility index (Phi) is 8.66. The van der Waals surface area contributed by atoms with Crippen molar-refractivity contribution in [3.8, 4) is 11.5 Å². The third-order valence-corrected chi connectivity index (χ3v) is 8.92. The van der Waals surface area contributed by atoms with Crippen LogP contribution in [0.2, 0.25) is 0 Å². The van der Waals surface area contributed by atoms with Crippen LogP contribution in [0.4, 0.5) is 0 Å². The Bertz CT molecular complexity index is 1940. The monoisotopic (exact) mass is 794 g/mol. The number of hydrogen-bond donors (Lipinski definition) is 0. The zero-order valence-electron chi connectivity index (χ0n) is 22.5. The minimum Gasteiger partial charge on any atom is -0.496 e. The number of aromatic nitrogens is 1. The van der Waals surface area contributed by atoms with E-state index in [-0.39, 0.29) is 17.7 Å². The summed E-state index contributed by atoms with van der Waals surface area (Å²) >= 11 is 5.49. The second kappa shape index (κ2) is 12.1. The van der Waals surface area contributed by atoms with Gasteiger partial charge in [-0.3, -0.25) is 14.2 Å². The van der Waals surface area contributed by atoms with Gasteiger partial charge in [-0.25, -0.2) is 9.79 Å². The van der Waals surface area contributed by atoms with E-state index in [4.69, 9.17) is 14.2 Å². The van der Waals surface area contributed by atoms with Crippen LogP contribution in [-0.4, -0.2) is 30.2 Å². The minimum absolute atomic E-state index is 0.170. The van der Waals surface area contributed by atoms with Gasteiger partial charge in [0, 0.05) is 21.6 Å². The van der Waals surface area contributed by atoms with Crippen LogP contribution in [0.3, 0.4) is 0 Å². The van der Waals surface area contributed by atoms with Crippen LogP contribution in [0.5, 0.6) is 11.5 Å². The molecule has 41 heavy (non-hydrogen) atoms. The van der Waals surface area contributed by atoms with Gasteiger partial charge in [-0.05, 0) is 94.1 Å². The average molecular weight is 794 g/mol. The molecule has 2 heterocycles. The Morgan fingerprint density at radius 1 is 1.15 bits per heavy atom. The summed E-state index contributed by atoms with van der Waals surface area (Å²) in [6.07, 6.45) is 1.70. The summed E-state index contributed by atoms with van der Waals surface area (Å²) in [6.45, 7) is 4.99. The van der Waals surface area contributed by atoms with Crippen molar-refractivity contribution in [2.24, 2.45) is 4.99 Å². The minimum atomic E-state index is -0.850. The Balaban J connectivity index is 1.85. The number of esters is 2. The molecule has 0 N–H and O–H groups in total. The van der Waals surface area contributed by atoms with E-state index in [9.17, 15) is 14.4 Å². The summed E-state index contributed by atoms with van der Waals surface area (Å²) in [6, 6.07) is 14.4. The molecule has 0 bridgehead atoms. The van der Waals surface area contributed by atoms with E-state index in [1.54, 1.807) is 27.0 Å². The highest BCUT2D eigenvalue weighted by atomic mass is 127. The number of fused-ring (bicyclic) bond motifs is 2. The third-order valence-electron chi connectivity index (χ3n) is 6.51. The number of halogens is 2. The molecule has 0 aliphatic carbocycles. The van der Waals surface area contributed by atoms with E-state index in [2.05, 4.69) is 50.2 Å². The lowest BCUT2D eigenvalue weighted by molar-refractivity contribution is -0.139. The molecule has 11 heteroatoms. The smallest absolute Gasteiger partial charge is 0.338 e. The first kappa shape index (κ1) is 29.5. The Morgan fingerprint density at radius 2 is 1.90 bits per heavy atom. The topological polar surface area (TPSA) is 96.2 Å². The van der Waals surface area contributed by atoms with Gasteiger partial charge in [0.05, 0.1) is 33.1 Å². The lowest BCUT2D eigenvalue weighted by Gasteiger charge is -2.27. The molecule has 4 aromatic rings. The fourth-order valence-electron chi connectivity index (χ4n) is 4.88. The maximum atomic E-state index is 14.2. The number of carbonyl (C=O) groups excluding carboxylic acids is 2. The maximum absolute atomic E-state index is 14.2. The maximum Gasteiger partial charge on any atom is 0.338 e. The van der Waals surface area contributed by atoms with Gasteiger partial charge in [0.1, 0.15) is 11.8 Å². The number of allylic oxidation sites excluding steroid dienone is 1. The number of nitrogens with zero attached hydrogens (tertiary/aromatic N) is 2. The largest absolute Gasteiger partial charge is 0.496 e. The van der Waals surface area contributed by atoms with E-state index >= 15 is 0 Å². The molecule has 0 amide bonds. The number of rotatable bonds is 6. The highest BCUT2D eigenvalue weighted by Crippen LogP contribution is 2.40. The first-order valence-corrected chi connectivity index (χ1v) is 15.5. The SMILES string of the molecule is CCOC(=O)C1=C(C)N=c2s/c(=C\c3cc(I)cc(I)c3OC(C)=O)c(=O)n2[C@@H]1c1c(OC)ccc2ccccc12. The summed E-state index contributed by atoms with van der Waals surface area (Å²) in [5.74, 6) is -0.102. The van der Waals surface area contributed by atoms with Crippen molar-refractivity contribution in [3.63, 3.8) is 0 Å². The average Bonchev–Trinajstić information content (AvgIpc) is 3.23. The molecule has 0 fully saturated rings. The molecule has 0 spiro atoms. The molecule has 5 rings (SSSR count). The number of carbonyl (C=O) groups is 2. The van der Waals surface area contributed by atoms with E-state index in [0.29, 0.717) is 37.7 Å². The zero-order valence-corrected chi connectivity index (χ0v) is 27.6. The standard InChI is InChI=1S/C30H24I2N2O6S/c1-5-39-29(37)24-15(2)33-30-34(26(24)25-20-9-7-6-8-17(20)10-11-22(25)38-4)28(36)23(41-30)13-18-12-19(31)14-21(32)27(18)40-16(3)35/h6-14,26H,5H2,1-4H3/b23-13-/t26-/m0/s1. The van der Waals surface area contributed by atoms with E-state index in [1.807, 2.05) is 48.5 Å². The second-order valence-corrected chi connectivity index (χ2v) is 12.5. The number of ether oxygens (including phenoxy) is 3. The summed E-state index contributed by atoms with van der Waals surface area (Å²) in [5, 5.41) is 1.77. The lowest BCUT2D eigenvalue weighted by Crippen LogP contribution is -2.40. The summed E-state index contributed by atoms with van der Waals surface area (Å²) < 4.78 is 20.3. The normalized spacial score (nSPS) is 15.0. The van der Waals surface area contributed by atoms with Crippen molar-refractivity contribution in [1.82, 2.24) is 4.57 Å². The quantitative estimate of drug-likeness (QED) is 0.153. The molecule has 0 unspecified atom stereocenters. The fraction of sp³-hybridized carbons (Fsp3) is 0.200. The number of thiazole rings is 1. The molecule has 1 atom stereocenters. The van der Waals surface area contributed by atoms with Crippen LogP contribution < -0.4 is 24.4 Å². The number of benzene rings is 3. The highest BCUT2D eigenvalue weighted by Gasteiger charge is 2.36. The Hall–Kier alpha value is -3.04. The molecule has 1 aliphatic rings. The lowest BCUT2D eigenvalue weighted by atomic mass is 9.90. The van der Waals surface area contributed by atoms with Gasteiger partial charge in [-0.15, -0.1) is 0 Å². The second-order valence-electron chi connectivity index (χ2n) is 9.10. The molecule has 210 valence electrons. The van der Waals surface area contributed by atoms with Crippen molar-refractivity contribution in [1.29, 1.82) is 0 Å². The molecule has 1 aliphatic heterocycles. The van der Waals surface area contributed by atoms with Crippen molar-refractivity contribution in [2.45, 2.75) is 26.8 Å². The van der Waals surface area contributed by atoms with Gasteiger partial charge in [0.2, 0.25) is 0 Å². The van der Waals surface area contributed by atoms with Crippen LogP contribution in [-0.2, 0) is 14.3 Å². The van der Waals surface area contributed by atoms with Gasteiger partial charge in [0.15, 0.2) is 10.6 Å². The summed E-state index contributed by atoms with van der Waals surface area (Å²) in [5.41, 5.74) is 1.64. The van der Waals surface area contributed by atoms with Crippen LogP contribution in [0.1, 0.15) is 37.9 Å². The van der Waals surface area contributed by atoms with Crippen LogP contribution in [0, 0.1) is 7.14 Å². The first-order chi connectivity index (χ1) is 19.6. The summed E-state index contributed by atoms with van der Waals surface area (Å²) in [4.78, 5) is 44.6. The van der Waals surface area contributed by atoms with E-state index < -0.39 is 18.0 Å². The summed E-state index contributed by atoms with van der Waals surface area (Å²) in [7, 11) is 1.56. The van der Waals surface area contributed by atoms with Crippen molar-refractivity contribution >= 4 is 85.3 Å². The zero-order chi connectivity index (χ0) is 29.4. The van der Waals surface area contributed by atoms with Crippen molar-refractivity contribution in [2.75, 3.05) is 13.7 Å². The van der Waals surface area contributed by atoms with Gasteiger partial charge in [0.25, 0.3) is 5.56 Å². The van der Waals surface area contributed by atoms with Crippen LogP contribution in [0.25, 0.3) is 16.8 Å². The van der Waals surface area contributed by atoms with Gasteiger partial charge in [-0.1, -0.05) is 41.7 Å². The molecule has 8 nitrogen and oxygen atoms in total. The molecule has 0 saturated heterocycles. The molecular formula is C30H24I2N2O6S. The number of methoxy groups -OCH3 is 1. The predicted molar refractivity (Wildman–Crippen MR) is 174 cm³/mol. The van der Waals surface area contributed by atoms with Gasteiger partial charge in [-0.2, -0.15) is 0 Å². The number of hydrogen-bond acceptors (Lipinski definition) is 8. The van der Waals surface area contributed by atoms with E-state index in [0.717, 1.165) is 17.9 Å². The Labute approximate surface area is 266 Å². The van der Waals surface area contributed by atoms with Crippen molar-refractivity contribution in [3.05, 3.63) is 97.8 Å². The van der Waals surface area contributed by atoms with Gasteiger partial charge < -0.3 is 14.2 Å².